The third-order valence-electron chi connectivity index (χ3n) is 2.61. The summed E-state index contributed by atoms with van der Waals surface area (Å²) in [5, 5.41) is 10.3. The highest BCUT2D eigenvalue weighted by atomic mass is 32.1. The van der Waals surface area contributed by atoms with Gasteiger partial charge in [-0.3, -0.25) is 4.79 Å². The molecular formula is C12H25NO2S. The van der Waals surface area contributed by atoms with Crippen LogP contribution in [-0.4, -0.2) is 29.9 Å². The van der Waals surface area contributed by atoms with Gasteiger partial charge in [0.15, 0.2) is 0 Å². The van der Waals surface area contributed by atoms with E-state index in [2.05, 4.69) is 38.7 Å². The summed E-state index contributed by atoms with van der Waals surface area (Å²) in [5.41, 5.74) is 0.167. The number of aliphatic hydroxyl groups excluding tert-OH is 1. The maximum Gasteiger partial charge on any atom is 0.224 e. The molecular weight excluding hydrogens is 222 g/mol. The number of amides is 1. The van der Waals surface area contributed by atoms with E-state index < -0.39 is 0 Å². The van der Waals surface area contributed by atoms with Gasteiger partial charge >= 0.3 is 0 Å². The molecule has 0 spiro atoms. The zero-order valence-corrected chi connectivity index (χ0v) is 11.7. The average Bonchev–Trinajstić information content (AvgIpc) is 2.63. The van der Waals surface area contributed by atoms with Gasteiger partial charge in [-0.15, -0.1) is 0 Å². The number of carbonyl (C=O) groups is 1. The largest absolute Gasteiger partial charge is 0.400 e. The van der Waals surface area contributed by atoms with Crippen molar-refractivity contribution in [2.24, 2.45) is 11.3 Å². The van der Waals surface area contributed by atoms with Crippen LogP contribution in [0.15, 0.2) is 0 Å². The second-order valence-electron chi connectivity index (χ2n) is 5.38. The van der Waals surface area contributed by atoms with Crippen LogP contribution in [0.25, 0.3) is 0 Å². The van der Waals surface area contributed by atoms with E-state index in [1.807, 2.05) is 0 Å². The van der Waals surface area contributed by atoms with Crippen molar-refractivity contribution in [2.45, 2.75) is 45.3 Å². The van der Waals surface area contributed by atoms with Gasteiger partial charge in [0.1, 0.15) is 0 Å². The number of carbonyl (C=O) groups excluding carboxylic acids is 1. The van der Waals surface area contributed by atoms with E-state index in [1.165, 1.54) is 0 Å². The Morgan fingerprint density at radius 3 is 2.31 bits per heavy atom. The lowest BCUT2D eigenvalue weighted by molar-refractivity contribution is -0.125. The van der Waals surface area contributed by atoms with E-state index in [0.29, 0.717) is 0 Å². The Morgan fingerprint density at radius 1 is 1.38 bits per heavy atom. The summed E-state index contributed by atoms with van der Waals surface area (Å²) in [6.07, 6.45) is 3.22. The highest BCUT2D eigenvalue weighted by Gasteiger charge is 2.30. The monoisotopic (exact) mass is 247 g/mol. The van der Waals surface area contributed by atoms with Gasteiger partial charge < -0.3 is 10.4 Å². The minimum atomic E-state index is 0.140. The second kappa shape index (κ2) is 7.17. The highest BCUT2D eigenvalue weighted by molar-refractivity contribution is 7.81. The molecule has 0 bridgehead atoms. The molecule has 0 aliphatic heterocycles. The van der Waals surface area contributed by atoms with Crippen LogP contribution in [0.4, 0.5) is 0 Å². The summed E-state index contributed by atoms with van der Waals surface area (Å²) in [6, 6.07) is 0. The molecule has 0 radical (unpaired) electrons. The van der Waals surface area contributed by atoms with Gasteiger partial charge in [0, 0.05) is 24.8 Å². The third kappa shape index (κ3) is 5.75. The Morgan fingerprint density at radius 2 is 1.94 bits per heavy atom. The first kappa shape index (κ1) is 15.8. The van der Waals surface area contributed by atoms with Crippen LogP contribution in [0.5, 0.6) is 0 Å². The molecule has 1 saturated carbocycles. The zero-order chi connectivity index (χ0) is 12.8. The summed E-state index contributed by atoms with van der Waals surface area (Å²) in [5.74, 6) is 0.332. The van der Waals surface area contributed by atoms with Crippen LogP contribution < -0.4 is 5.32 Å². The second-order valence-corrected chi connectivity index (χ2v) is 6.05. The van der Waals surface area contributed by atoms with Gasteiger partial charge in [0.25, 0.3) is 0 Å². The van der Waals surface area contributed by atoms with Crippen LogP contribution in [-0.2, 0) is 4.79 Å². The molecule has 0 aromatic rings. The standard InChI is InChI=1S/C11H21NOS.CH4O/c1-11(2,3)7-12-10(13)8-5-4-6-9(8)14;1-2/h8-9,14H,4-7H2,1-3H3,(H,12,13);2H,1H3. The highest BCUT2D eigenvalue weighted by Crippen LogP contribution is 2.29. The van der Waals surface area contributed by atoms with Crippen molar-refractivity contribution in [1.29, 1.82) is 0 Å². The predicted octanol–water partition coefficient (Wildman–Crippen LogP) is 1.86. The van der Waals surface area contributed by atoms with Gasteiger partial charge in [-0.25, -0.2) is 0 Å². The molecule has 2 unspecified atom stereocenters. The Hall–Kier alpha value is -0.220. The number of thiol groups is 1. The van der Waals surface area contributed by atoms with Crippen LogP contribution in [0, 0.1) is 11.3 Å². The summed E-state index contributed by atoms with van der Waals surface area (Å²) in [4.78, 5) is 11.7. The molecule has 0 aromatic heterocycles. The smallest absolute Gasteiger partial charge is 0.224 e. The number of hydrogen-bond donors (Lipinski definition) is 3. The minimum Gasteiger partial charge on any atom is -0.400 e. The predicted molar refractivity (Wildman–Crippen MR) is 70.7 cm³/mol. The van der Waals surface area contributed by atoms with Crippen molar-refractivity contribution < 1.29 is 9.90 Å². The summed E-state index contributed by atoms with van der Waals surface area (Å²) < 4.78 is 0. The average molecular weight is 247 g/mol. The van der Waals surface area contributed by atoms with Gasteiger partial charge in [-0.1, -0.05) is 27.2 Å². The number of aliphatic hydroxyl groups is 1. The van der Waals surface area contributed by atoms with E-state index >= 15 is 0 Å². The van der Waals surface area contributed by atoms with E-state index in [-0.39, 0.29) is 22.5 Å². The number of nitrogens with one attached hydrogen (secondary N) is 1. The van der Waals surface area contributed by atoms with Gasteiger partial charge in [0.2, 0.25) is 5.91 Å². The van der Waals surface area contributed by atoms with Crippen molar-refractivity contribution in [3.8, 4) is 0 Å². The molecule has 16 heavy (non-hydrogen) atoms. The molecule has 1 rings (SSSR count). The lowest BCUT2D eigenvalue weighted by atomic mass is 9.96. The normalized spacial score (nSPS) is 24.6. The molecule has 1 fully saturated rings. The van der Waals surface area contributed by atoms with Crippen molar-refractivity contribution in [2.75, 3.05) is 13.7 Å². The molecule has 0 saturated heterocycles. The van der Waals surface area contributed by atoms with Crippen molar-refractivity contribution in [1.82, 2.24) is 5.32 Å². The third-order valence-corrected chi connectivity index (χ3v) is 3.23. The topological polar surface area (TPSA) is 49.3 Å². The summed E-state index contributed by atoms with van der Waals surface area (Å²) in [6.45, 7) is 7.13. The quantitative estimate of drug-likeness (QED) is 0.652. The summed E-state index contributed by atoms with van der Waals surface area (Å²) >= 11 is 4.43. The summed E-state index contributed by atoms with van der Waals surface area (Å²) in [7, 11) is 1.00. The molecule has 0 heterocycles. The molecule has 2 atom stereocenters. The van der Waals surface area contributed by atoms with Crippen LogP contribution in [0.2, 0.25) is 0 Å². The lowest BCUT2D eigenvalue weighted by Gasteiger charge is -2.21. The van der Waals surface area contributed by atoms with Crippen molar-refractivity contribution in [3.05, 3.63) is 0 Å². The minimum absolute atomic E-state index is 0.140. The molecule has 1 amide bonds. The van der Waals surface area contributed by atoms with Crippen molar-refractivity contribution >= 4 is 18.5 Å². The first-order valence-corrected chi connectivity index (χ1v) is 6.32. The van der Waals surface area contributed by atoms with E-state index in [9.17, 15) is 4.79 Å². The maximum atomic E-state index is 11.7. The van der Waals surface area contributed by atoms with Gasteiger partial charge in [0.05, 0.1) is 0 Å². The van der Waals surface area contributed by atoms with Crippen LogP contribution in [0.3, 0.4) is 0 Å². The molecule has 96 valence electrons. The Bertz CT molecular complexity index is 214. The fourth-order valence-corrected chi connectivity index (χ4v) is 2.20. The first-order valence-electron chi connectivity index (χ1n) is 5.81. The molecule has 1 aliphatic carbocycles. The molecule has 3 nitrogen and oxygen atoms in total. The van der Waals surface area contributed by atoms with Gasteiger partial charge in [-0.2, -0.15) is 12.6 Å². The Labute approximate surface area is 104 Å². The Kier molecular flexibility index (Phi) is 7.07. The number of rotatable bonds is 2. The van der Waals surface area contributed by atoms with E-state index in [0.717, 1.165) is 32.9 Å². The lowest BCUT2D eigenvalue weighted by Crippen LogP contribution is -2.38. The first-order chi connectivity index (χ1) is 7.40. The number of hydrogen-bond acceptors (Lipinski definition) is 3. The van der Waals surface area contributed by atoms with E-state index in [1.54, 1.807) is 0 Å². The van der Waals surface area contributed by atoms with E-state index in [4.69, 9.17) is 5.11 Å². The maximum absolute atomic E-state index is 11.7. The molecule has 0 aromatic carbocycles. The molecule has 1 aliphatic rings. The van der Waals surface area contributed by atoms with Crippen molar-refractivity contribution in [3.63, 3.8) is 0 Å². The molecule has 2 N–H and O–H groups in total. The Balaban J connectivity index is 0.00000106. The SMILES string of the molecule is CC(C)(C)CNC(=O)C1CCCC1S.CO. The van der Waals surface area contributed by atoms with Crippen LogP contribution >= 0.6 is 12.6 Å². The zero-order valence-electron chi connectivity index (χ0n) is 10.8. The fraction of sp³-hybridized carbons (Fsp3) is 0.917. The van der Waals surface area contributed by atoms with Crippen LogP contribution in [0.1, 0.15) is 40.0 Å². The van der Waals surface area contributed by atoms with Gasteiger partial charge in [-0.05, 0) is 18.3 Å². The fourth-order valence-electron chi connectivity index (χ4n) is 1.73. The molecule has 4 heteroatoms.